The molecular weight excluding hydrogens is 709 g/mol. The van der Waals surface area contributed by atoms with Crippen molar-refractivity contribution in [1.82, 2.24) is 40.8 Å². The van der Waals surface area contributed by atoms with E-state index in [1.807, 2.05) is 56.3 Å². The number of H-pyrrole nitrogens is 2. The van der Waals surface area contributed by atoms with E-state index in [1.165, 1.54) is 20.6 Å². The Morgan fingerprint density at radius 2 is 1.67 bits per heavy atom. The third-order valence-electron chi connectivity index (χ3n) is 8.29. The van der Waals surface area contributed by atoms with E-state index in [9.17, 15) is 19.2 Å². The summed E-state index contributed by atoms with van der Waals surface area (Å²) in [5.74, 6) is 8.69. The van der Waals surface area contributed by atoms with Gasteiger partial charge in [0.25, 0.3) is 0 Å². The number of rotatable bonds is 12. The number of carbonyl (C=O) groups is 4. The number of hydrogen-bond acceptors (Lipinski definition) is 9. The van der Waals surface area contributed by atoms with Crippen LogP contribution < -0.4 is 16.0 Å². The number of hydrogen-bond donors (Lipinski definition) is 5. The number of alkyl carbamates (subject to hydrolysis) is 2. The number of nitrogens with zero attached hydrogens (tertiary/aromatic N) is 3. The average molecular weight is 759 g/mol. The minimum Gasteiger partial charge on any atom is -0.453 e. The zero-order chi connectivity index (χ0) is 39.0. The molecule has 15 heteroatoms. The lowest BCUT2D eigenvalue weighted by molar-refractivity contribution is -0.135. The highest BCUT2D eigenvalue weighted by Gasteiger charge is 2.38. The molecule has 14 nitrogen and oxygen atoms in total. The SMILES string of the molecule is CCC.COC(=O)NCC(=O)NCCCCc1nc2ccc(C#Cc3ccc(-c4cnc(C5CSCN5C(=O)C(NC(=O)OC)C(C)C)[nH]4)cc3)cc2[nH]1. The lowest BCUT2D eigenvalue weighted by Crippen LogP contribution is -2.51. The van der Waals surface area contributed by atoms with Gasteiger partial charge in [-0.2, -0.15) is 0 Å². The van der Waals surface area contributed by atoms with Crippen LogP contribution in [0.3, 0.4) is 0 Å². The topological polar surface area (TPSA) is 183 Å². The molecule has 0 saturated carbocycles. The summed E-state index contributed by atoms with van der Waals surface area (Å²) < 4.78 is 9.17. The van der Waals surface area contributed by atoms with Gasteiger partial charge in [-0.1, -0.05) is 58.1 Å². The van der Waals surface area contributed by atoms with Crippen molar-refractivity contribution in [3.8, 4) is 23.1 Å². The summed E-state index contributed by atoms with van der Waals surface area (Å²) in [5, 5.41) is 7.78. The Bertz CT molecular complexity index is 1930. The van der Waals surface area contributed by atoms with Crippen molar-refractivity contribution in [2.75, 3.05) is 38.9 Å². The summed E-state index contributed by atoms with van der Waals surface area (Å²) in [6, 6.07) is 12.8. The molecule has 4 aromatic rings. The predicted molar refractivity (Wildman–Crippen MR) is 209 cm³/mol. The summed E-state index contributed by atoms with van der Waals surface area (Å²) >= 11 is 1.64. The second kappa shape index (κ2) is 20.7. The van der Waals surface area contributed by atoms with Crippen LogP contribution in [0.4, 0.5) is 9.59 Å². The van der Waals surface area contributed by atoms with Crippen molar-refractivity contribution in [3.05, 3.63) is 71.4 Å². The van der Waals surface area contributed by atoms with Gasteiger partial charge in [0.15, 0.2) is 0 Å². The molecule has 2 unspecified atom stereocenters. The fraction of sp³-hybridized carbons (Fsp3) is 0.436. The van der Waals surface area contributed by atoms with E-state index in [0.29, 0.717) is 24.0 Å². The molecule has 288 valence electrons. The van der Waals surface area contributed by atoms with Crippen LogP contribution >= 0.6 is 11.8 Å². The number of carbonyl (C=O) groups excluding carboxylic acids is 4. The van der Waals surface area contributed by atoms with Gasteiger partial charge < -0.3 is 40.3 Å². The smallest absolute Gasteiger partial charge is 0.407 e. The van der Waals surface area contributed by atoms with Crippen LogP contribution in [0.25, 0.3) is 22.3 Å². The molecule has 5 N–H and O–H groups in total. The molecule has 1 aliphatic heterocycles. The van der Waals surface area contributed by atoms with E-state index >= 15 is 0 Å². The number of methoxy groups -OCH3 is 2. The van der Waals surface area contributed by atoms with E-state index in [4.69, 9.17) is 4.74 Å². The molecule has 54 heavy (non-hydrogen) atoms. The lowest BCUT2D eigenvalue weighted by Gasteiger charge is -2.29. The molecule has 0 radical (unpaired) electrons. The van der Waals surface area contributed by atoms with E-state index in [0.717, 1.165) is 58.5 Å². The van der Waals surface area contributed by atoms with Crippen LogP contribution in [0.5, 0.6) is 0 Å². The number of thioether (sulfide) groups is 1. The number of nitrogens with one attached hydrogen (secondary N) is 5. The van der Waals surface area contributed by atoms with Crippen molar-refractivity contribution in [2.24, 2.45) is 5.92 Å². The van der Waals surface area contributed by atoms with Gasteiger partial charge in [0.1, 0.15) is 17.7 Å². The molecule has 5 rings (SSSR count). The summed E-state index contributed by atoms with van der Waals surface area (Å²) in [6.45, 7) is 8.41. The quantitative estimate of drug-likeness (QED) is 0.0918. The summed E-state index contributed by atoms with van der Waals surface area (Å²) in [4.78, 5) is 65.9. The van der Waals surface area contributed by atoms with E-state index in [1.54, 1.807) is 22.9 Å². The molecule has 4 amide bonds. The van der Waals surface area contributed by atoms with Gasteiger partial charge in [0.2, 0.25) is 11.8 Å². The van der Waals surface area contributed by atoms with Gasteiger partial charge >= 0.3 is 12.2 Å². The summed E-state index contributed by atoms with van der Waals surface area (Å²) in [6.07, 6.45) is 4.09. The number of unbranched alkanes of at least 4 members (excludes halogenated alkanes) is 1. The fourth-order valence-electron chi connectivity index (χ4n) is 5.49. The van der Waals surface area contributed by atoms with Crippen molar-refractivity contribution >= 4 is 46.8 Å². The Hall–Kier alpha value is -5.49. The van der Waals surface area contributed by atoms with Crippen LogP contribution in [-0.4, -0.2) is 93.8 Å². The lowest BCUT2D eigenvalue weighted by atomic mass is 10.0. The number of aromatic amines is 2. The van der Waals surface area contributed by atoms with Gasteiger partial charge in [-0.25, -0.2) is 19.6 Å². The highest BCUT2D eigenvalue weighted by molar-refractivity contribution is 7.99. The predicted octanol–water partition coefficient (Wildman–Crippen LogP) is 5.52. The number of benzene rings is 2. The molecule has 1 saturated heterocycles. The van der Waals surface area contributed by atoms with E-state index in [2.05, 4.69) is 66.3 Å². The van der Waals surface area contributed by atoms with E-state index in [-0.39, 0.29) is 30.3 Å². The van der Waals surface area contributed by atoms with Crippen LogP contribution in [-0.2, 0) is 25.5 Å². The second-order valence-corrected chi connectivity index (χ2v) is 14.0. The molecule has 2 aromatic heterocycles. The fourth-order valence-corrected chi connectivity index (χ4v) is 6.66. The van der Waals surface area contributed by atoms with Crippen LogP contribution in [0.1, 0.15) is 75.8 Å². The normalized spacial score (nSPS) is 14.0. The Kier molecular flexibility index (Phi) is 15.8. The molecule has 1 fully saturated rings. The first-order valence-electron chi connectivity index (χ1n) is 18.0. The maximum absolute atomic E-state index is 13.4. The first-order valence-corrected chi connectivity index (χ1v) is 19.2. The maximum Gasteiger partial charge on any atom is 0.407 e. The van der Waals surface area contributed by atoms with Gasteiger partial charge in [-0.3, -0.25) is 9.59 Å². The number of amides is 4. The minimum absolute atomic E-state index is 0.112. The molecule has 2 atom stereocenters. The van der Waals surface area contributed by atoms with Crippen molar-refractivity contribution in [1.29, 1.82) is 0 Å². The Morgan fingerprint density at radius 3 is 2.37 bits per heavy atom. The summed E-state index contributed by atoms with van der Waals surface area (Å²) in [7, 11) is 2.53. The molecule has 1 aliphatic rings. The third kappa shape index (κ3) is 11.8. The monoisotopic (exact) mass is 758 g/mol. The minimum atomic E-state index is -0.699. The third-order valence-corrected chi connectivity index (χ3v) is 9.30. The number of fused-ring (bicyclic) bond motifs is 1. The molecule has 2 aromatic carbocycles. The Morgan fingerprint density at radius 1 is 0.963 bits per heavy atom. The van der Waals surface area contributed by atoms with E-state index < -0.39 is 18.2 Å². The molecule has 3 heterocycles. The number of aromatic nitrogens is 4. The van der Waals surface area contributed by atoms with Crippen LogP contribution in [0.2, 0.25) is 0 Å². The zero-order valence-corrected chi connectivity index (χ0v) is 32.5. The van der Waals surface area contributed by atoms with Crippen molar-refractivity contribution in [2.45, 2.75) is 65.5 Å². The van der Waals surface area contributed by atoms with Crippen LogP contribution in [0, 0.1) is 17.8 Å². The van der Waals surface area contributed by atoms with Gasteiger partial charge in [0.05, 0.1) is 55.6 Å². The highest BCUT2D eigenvalue weighted by atomic mass is 32.2. The first-order chi connectivity index (χ1) is 26.1. The van der Waals surface area contributed by atoms with Gasteiger partial charge in [-0.05, 0) is 54.7 Å². The Balaban J connectivity index is 0.00000209. The van der Waals surface area contributed by atoms with Gasteiger partial charge in [-0.15, -0.1) is 11.8 Å². The standard InChI is InChI=1S/C36H42N8O6S.C3H8/c1-22(2)32(43-36(48)50-4)34(46)44-21-51-20-29(44)33-38-18-28(42-33)25-13-10-23(11-14-25)8-9-24-12-15-26-27(17-24)41-30(40-26)7-5-6-16-37-31(45)19-39-35(47)49-3;1-3-2/h10-15,17-18,22,29,32H,5-7,16,19-21H2,1-4H3,(H,37,45)(H,38,42)(H,39,47)(H,40,41)(H,43,48);3H2,1-2H3. The number of aryl methyl sites for hydroxylation is 1. The molecular formula is C39H50N8O6S. The largest absolute Gasteiger partial charge is 0.453 e. The molecule has 0 bridgehead atoms. The average Bonchev–Trinajstić information content (AvgIpc) is 3.95. The first kappa shape index (κ1) is 41.3. The zero-order valence-electron chi connectivity index (χ0n) is 31.7. The van der Waals surface area contributed by atoms with Gasteiger partial charge in [0, 0.05) is 29.8 Å². The Labute approximate surface area is 320 Å². The van der Waals surface area contributed by atoms with Crippen molar-refractivity contribution < 1.29 is 28.7 Å². The number of ether oxygens (including phenoxy) is 2. The van der Waals surface area contributed by atoms with Crippen LogP contribution in [0.15, 0.2) is 48.7 Å². The highest BCUT2D eigenvalue weighted by Crippen LogP contribution is 2.34. The van der Waals surface area contributed by atoms with Crippen molar-refractivity contribution in [3.63, 3.8) is 0 Å². The second-order valence-electron chi connectivity index (χ2n) is 13.0. The maximum atomic E-state index is 13.4. The number of imidazole rings is 2. The molecule has 0 spiro atoms. The molecule has 0 aliphatic carbocycles. The summed E-state index contributed by atoms with van der Waals surface area (Å²) in [5.41, 5.74) is 5.27.